The van der Waals surface area contributed by atoms with Gasteiger partial charge in [-0.05, 0) is 18.2 Å². The number of fused-ring (bicyclic) bond motifs is 1. The van der Waals surface area contributed by atoms with Gasteiger partial charge in [-0.15, -0.1) is 0 Å². The molecule has 0 radical (unpaired) electrons. The summed E-state index contributed by atoms with van der Waals surface area (Å²) >= 11 is 1.36. The SMILES string of the molecule is N#Cc1cccc(NC(=O)c2cn3ncsc3n2)c1. The second-order valence-corrected chi connectivity index (χ2v) is 4.55. The molecule has 3 aromatic rings. The van der Waals surface area contributed by atoms with Gasteiger partial charge >= 0.3 is 0 Å². The molecular weight excluding hydrogens is 262 g/mol. The third kappa shape index (κ3) is 2.17. The van der Waals surface area contributed by atoms with Gasteiger partial charge in [0.05, 0.1) is 17.8 Å². The molecule has 0 atom stereocenters. The van der Waals surface area contributed by atoms with Crippen LogP contribution in [0.3, 0.4) is 0 Å². The van der Waals surface area contributed by atoms with E-state index >= 15 is 0 Å². The fraction of sp³-hybridized carbons (Fsp3) is 0. The van der Waals surface area contributed by atoms with Crippen LogP contribution in [0.5, 0.6) is 0 Å². The van der Waals surface area contributed by atoms with Gasteiger partial charge in [0.2, 0.25) is 4.96 Å². The average molecular weight is 269 g/mol. The van der Waals surface area contributed by atoms with Gasteiger partial charge in [-0.25, -0.2) is 9.50 Å². The third-order valence-corrected chi connectivity index (χ3v) is 3.16. The van der Waals surface area contributed by atoms with E-state index in [1.54, 1.807) is 40.5 Å². The summed E-state index contributed by atoms with van der Waals surface area (Å²) in [6.07, 6.45) is 1.56. The molecule has 0 aliphatic carbocycles. The van der Waals surface area contributed by atoms with Crippen LogP contribution in [0.4, 0.5) is 5.69 Å². The van der Waals surface area contributed by atoms with Gasteiger partial charge in [0.25, 0.3) is 5.91 Å². The summed E-state index contributed by atoms with van der Waals surface area (Å²) in [5.41, 5.74) is 3.00. The summed E-state index contributed by atoms with van der Waals surface area (Å²) in [4.78, 5) is 16.8. The summed E-state index contributed by atoms with van der Waals surface area (Å²) in [7, 11) is 0. The average Bonchev–Trinajstić information content (AvgIpc) is 2.99. The van der Waals surface area contributed by atoms with Gasteiger partial charge in [0, 0.05) is 5.69 Å². The molecule has 0 fully saturated rings. The van der Waals surface area contributed by atoms with Crippen LogP contribution in [0.15, 0.2) is 36.0 Å². The number of imidazole rings is 1. The van der Waals surface area contributed by atoms with Crippen molar-refractivity contribution >= 4 is 27.9 Å². The Balaban J connectivity index is 1.84. The molecule has 2 aromatic heterocycles. The lowest BCUT2D eigenvalue weighted by molar-refractivity contribution is 0.102. The zero-order valence-corrected chi connectivity index (χ0v) is 10.4. The van der Waals surface area contributed by atoms with Crippen molar-refractivity contribution in [2.75, 3.05) is 5.32 Å². The molecule has 7 heteroatoms. The topological polar surface area (TPSA) is 83.1 Å². The quantitative estimate of drug-likeness (QED) is 0.770. The van der Waals surface area contributed by atoms with Gasteiger partial charge in [0.15, 0.2) is 0 Å². The first-order chi connectivity index (χ1) is 9.26. The second kappa shape index (κ2) is 4.51. The number of anilines is 1. The number of carbonyl (C=O) groups is 1. The number of nitriles is 1. The number of hydrogen-bond donors (Lipinski definition) is 1. The predicted octanol–water partition coefficient (Wildman–Crippen LogP) is 1.91. The fourth-order valence-electron chi connectivity index (χ4n) is 1.61. The number of nitrogens with zero attached hydrogens (tertiary/aromatic N) is 4. The summed E-state index contributed by atoms with van der Waals surface area (Å²) in [5, 5.41) is 15.5. The standard InChI is InChI=1S/C12H7N5OS/c13-5-8-2-1-3-9(4-8)15-11(18)10-6-17-12(16-10)19-7-14-17/h1-4,6-7H,(H,15,18). The summed E-state index contributed by atoms with van der Waals surface area (Å²) in [6.45, 7) is 0. The lowest BCUT2D eigenvalue weighted by Crippen LogP contribution is -2.12. The van der Waals surface area contributed by atoms with Crippen molar-refractivity contribution in [1.82, 2.24) is 14.6 Å². The van der Waals surface area contributed by atoms with Crippen molar-refractivity contribution < 1.29 is 4.79 Å². The zero-order valence-electron chi connectivity index (χ0n) is 9.57. The van der Waals surface area contributed by atoms with E-state index in [4.69, 9.17) is 5.26 Å². The predicted molar refractivity (Wildman–Crippen MR) is 70.0 cm³/mol. The maximum absolute atomic E-state index is 12.0. The molecule has 0 aliphatic heterocycles. The second-order valence-electron chi connectivity index (χ2n) is 3.74. The largest absolute Gasteiger partial charge is 0.321 e. The van der Waals surface area contributed by atoms with Crippen molar-refractivity contribution in [2.24, 2.45) is 0 Å². The maximum atomic E-state index is 12.0. The van der Waals surface area contributed by atoms with Crippen LogP contribution in [0.1, 0.15) is 16.1 Å². The first kappa shape index (κ1) is 11.4. The normalized spacial score (nSPS) is 10.3. The molecule has 1 aromatic carbocycles. The molecule has 0 saturated carbocycles. The molecule has 0 aliphatic rings. The molecule has 6 nitrogen and oxygen atoms in total. The Morgan fingerprint density at radius 3 is 3.16 bits per heavy atom. The summed E-state index contributed by atoms with van der Waals surface area (Å²) in [5.74, 6) is -0.326. The lowest BCUT2D eigenvalue weighted by Gasteiger charge is -2.02. The van der Waals surface area contributed by atoms with Gasteiger partial charge in [-0.3, -0.25) is 4.79 Å². The molecule has 1 amide bonds. The van der Waals surface area contributed by atoms with Crippen LogP contribution < -0.4 is 5.32 Å². The Labute approximate surface area is 111 Å². The first-order valence-electron chi connectivity index (χ1n) is 5.36. The minimum absolute atomic E-state index is 0.293. The summed E-state index contributed by atoms with van der Waals surface area (Å²) < 4.78 is 1.55. The molecular formula is C12H7N5OS. The highest BCUT2D eigenvalue weighted by Crippen LogP contribution is 2.13. The van der Waals surface area contributed by atoms with Gasteiger partial charge in [-0.2, -0.15) is 10.4 Å². The van der Waals surface area contributed by atoms with Crippen molar-refractivity contribution in [1.29, 1.82) is 5.26 Å². The Hall–Kier alpha value is -2.72. The van der Waals surface area contributed by atoms with Crippen LogP contribution in [0.2, 0.25) is 0 Å². The Kier molecular flexibility index (Phi) is 2.70. The Morgan fingerprint density at radius 2 is 2.37 bits per heavy atom. The minimum Gasteiger partial charge on any atom is -0.321 e. The highest BCUT2D eigenvalue weighted by atomic mass is 32.1. The van der Waals surface area contributed by atoms with Crippen LogP contribution in [-0.2, 0) is 0 Å². The number of nitrogens with one attached hydrogen (secondary N) is 1. The van der Waals surface area contributed by atoms with Gasteiger partial charge in [-0.1, -0.05) is 17.4 Å². The molecule has 2 heterocycles. The van der Waals surface area contributed by atoms with Gasteiger partial charge in [0.1, 0.15) is 11.2 Å². The molecule has 3 rings (SSSR count). The molecule has 19 heavy (non-hydrogen) atoms. The maximum Gasteiger partial charge on any atom is 0.275 e. The van der Waals surface area contributed by atoms with Crippen LogP contribution in [0, 0.1) is 11.3 Å². The van der Waals surface area contributed by atoms with E-state index in [0.717, 1.165) is 0 Å². The van der Waals surface area contributed by atoms with Crippen molar-refractivity contribution in [3.8, 4) is 6.07 Å². The van der Waals surface area contributed by atoms with Crippen molar-refractivity contribution in [2.45, 2.75) is 0 Å². The lowest BCUT2D eigenvalue weighted by atomic mass is 10.2. The zero-order chi connectivity index (χ0) is 13.2. The molecule has 0 spiro atoms. The number of aromatic nitrogens is 3. The number of hydrogen-bond acceptors (Lipinski definition) is 5. The van der Waals surface area contributed by atoms with E-state index in [1.165, 1.54) is 11.3 Å². The molecule has 0 saturated heterocycles. The highest BCUT2D eigenvalue weighted by molar-refractivity contribution is 7.14. The third-order valence-electron chi connectivity index (χ3n) is 2.47. The number of amides is 1. The molecule has 0 unspecified atom stereocenters. The number of rotatable bonds is 2. The van der Waals surface area contributed by atoms with E-state index in [9.17, 15) is 4.79 Å². The van der Waals surface area contributed by atoms with E-state index in [1.807, 2.05) is 6.07 Å². The van der Waals surface area contributed by atoms with E-state index < -0.39 is 0 Å². The van der Waals surface area contributed by atoms with Crippen molar-refractivity contribution in [3.63, 3.8) is 0 Å². The fourth-order valence-corrected chi connectivity index (χ4v) is 2.21. The van der Waals surface area contributed by atoms with E-state index in [0.29, 0.717) is 21.9 Å². The van der Waals surface area contributed by atoms with Crippen LogP contribution in [-0.4, -0.2) is 20.5 Å². The Bertz CT molecular complexity index is 769. The molecule has 1 N–H and O–H groups in total. The van der Waals surface area contributed by atoms with Crippen LogP contribution in [0.25, 0.3) is 4.96 Å². The van der Waals surface area contributed by atoms with Crippen molar-refractivity contribution in [3.05, 3.63) is 47.2 Å². The first-order valence-corrected chi connectivity index (χ1v) is 6.24. The monoisotopic (exact) mass is 269 g/mol. The van der Waals surface area contributed by atoms with Crippen LogP contribution >= 0.6 is 11.3 Å². The molecule has 0 bridgehead atoms. The highest BCUT2D eigenvalue weighted by Gasteiger charge is 2.12. The Morgan fingerprint density at radius 1 is 1.47 bits per heavy atom. The smallest absolute Gasteiger partial charge is 0.275 e. The molecule has 92 valence electrons. The summed E-state index contributed by atoms with van der Waals surface area (Å²) in [6, 6.07) is 8.72. The minimum atomic E-state index is -0.326. The van der Waals surface area contributed by atoms with E-state index in [-0.39, 0.29) is 5.91 Å². The van der Waals surface area contributed by atoms with Gasteiger partial charge < -0.3 is 5.32 Å². The van der Waals surface area contributed by atoms with E-state index in [2.05, 4.69) is 15.4 Å². The number of carbonyl (C=O) groups excluding carboxylic acids is 1. The number of benzene rings is 1.